The van der Waals surface area contributed by atoms with E-state index in [4.69, 9.17) is 4.74 Å². The zero-order chi connectivity index (χ0) is 23.0. The van der Waals surface area contributed by atoms with E-state index in [1.165, 1.54) is 23.1 Å². The largest absolute Gasteiger partial charge is 0.491 e. The van der Waals surface area contributed by atoms with Crippen LogP contribution in [0.25, 0.3) is 0 Å². The Bertz CT molecular complexity index is 1020. The summed E-state index contributed by atoms with van der Waals surface area (Å²) in [7, 11) is -3.36. The van der Waals surface area contributed by atoms with Crippen molar-refractivity contribution in [1.29, 1.82) is 0 Å². The fourth-order valence-electron chi connectivity index (χ4n) is 2.32. The van der Waals surface area contributed by atoms with Crippen molar-refractivity contribution in [3.63, 3.8) is 0 Å². The number of carbonyl (C=O) groups is 2. The predicted octanol–water partition coefficient (Wildman–Crippen LogP) is 2.92. The lowest BCUT2D eigenvalue weighted by molar-refractivity contribution is -0.123. The number of hydrogen-bond donors (Lipinski definition) is 3. The minimum atomic E-state index is -3.36. The first-order valence-corrected chi connectivity index (χ1v) is 13.3. The van der Waals surface area contributed by atoms with E-state index in [9.17, 15) is 18.0 Å². The number of aromatic nitrogens is 1. The molecule has 0 saturated carbocycles. The summed E-state index contributed by atoms with van der Waals surface area (Å²) in [5.74, 6) is -0.144. The number of thioether (sulfide) groups is 1. The molecule has 0 saturated heterocycles. The number of nitrogens with zero attached hydrogens (tertiary/aromatic N) is 1. The fourth-order valence-corrected chi connectivity index (χ4v) is 4.37. The lowest BCUT2D eigenvalue weighted by Crippen LogP contribution is -2.22. The molecule has 0 bridgehead atoms. The molecule has 0 fully saturated rings. The highest BCUT2D eigenvalue weighted by Crippen LogP contribution is 2.31. The molecule has 12 heteroatoms. The molecule has 2 amide bonds. The molecule has 2 rings (SSSR count). The first-order chi connectivity index (χ1) is 14.6. The maximum atomic E-state index is 12.3. The van der Waals surface area contributed by atoms with E-state index in [2.05, 4.69) is 20.3 Å². The van der Waals surface area contributed by atoms with Gasteiger partial charge >= 0.3 is 0 Å². The minimum Gasteiger partial charge on any atom is -0.491 e. The average molecular weight is 487 g/mol. The van der Waals surface area contributed by atoms with Crippen molar-refractivity contribution >= 4 is 55.8 Å². The van der Waals surface area contributed by atoms with Gasteiger partial charge in [-0.1, -0.05) is 37.3 Å². The number of benzene rings is 1. The maximum absolute atomic E-state index is 12.3. The number of anilines is 2. The molecular weight excluding hydrogens is 460 g/mol. The van der Waals surface area contributed by atoms with Crippen LogP contribution in [0.1, 0.15) is 26.0 Å². The molecule has 1 aromatic heterocycles. The first kappa shape index (κ1) is 25.1. The third-order valence-corrected chi connectivity index (χ3v) is 6.48. The van der Waals surface area contributed by atoms with E-state index >= 15 is 0 Å². The molecule has 0 aliphatic rings. The summed E-state index contributed by atoms with van der Waals surface area (Å²) in [6.07, 6.45) is 2.49. The molecule has 0 atom stereocenters. The fraction of sp³-hybridized carbons (Fsp3) is 0.421. The van der Waals surface area contributed by atoms with Crippen LogP contribution in [0.5, 0.6) is 5.75 Å². The minimum absolute atomic E-state index is 0.0228. The van der Waals surface area contributed by atoms with Crippen molar-refractivity contribution in [1.82, 2.24) is 9.71 Å². The summed E-state index contributed by atoms with van der Waals surface area (Å²) in [5.41, 5.74) is 1.01. The van der Waals surface area contributed by atoms with Crippen molar-refractivity contribution in [3.05, 3.63) is 30.0 Å². The Balaban J connectivity index is 1.96. The van der Waals surface area contributed by atoms with Crippen LogP contribution in [0.2, 0.25) is 0 Å². The molecule has 0 aliphatic heterocycles. The monoisotopic (exact) mass is 486 g/mol. The smallest absolute Gasteiger partial charge is 0.235 e. The second-order valence-corrected chi connectivity index (χ2v) is 10.9. The number of para-hydroxylation sites is 2. The summed E-state index contributed by atoms with van der Waals surface area (Å²) >= 11 is 2.61. The lowest BCUT2D eigenvalue weighted by atomic mass is 10.2. The molecule has 0 spiro atoms. The number of ether oxygens (including phenoxy) is 1. The van der Waals surface area contributed by atoms with Crippen molar-refractivity contribution in [2.75, 3.05) is 29.8 Å². The summed E-state index contributed by atoms with van der Waals surface area (Å²) in [6.45, 7) is 4.57. The van der Waals surface area contributed by atoms with Gasteiger partial charge in [-0.3, -0.25) is 9.59 Å². The quantitative estimate of drug-likeness (QED) is 0.329. The highest BCUT2D eigenvalue weighted by atomic mass is 32.2. The second kappa shape index (κ2) is 11.5. The molecule has 0 aliphatic carbocycles. The Morgan fingerprint density at radius 2 is 1.87 bits per heavy atom. The highest BCUT2D eigenvalue weighted by Gasteiger charge is 2.17. The number of thiazole rings is 1. The van der Waals surface area contributed by atoms with E-state index in [0.717, 1.165) is 10.5 Å². The Morgan fingerprint density at radius 3 is 2.52 bits per heavy atom. The Labute approximate surface area is 190 Å². The SMILES string of the molecule is CSc1sc(NC(=O)CC(=O)Nc2ccccc2OCC(C)C)nc1CNS(C)(=O)=O. The van der Waals surface area contributed by atoms with Gasteiger partial charge in [-0.2, -0.15) is 0 Å². The van der Waals surface area contributed by atoms with Gasteiger partial charge in [-0.25, -0.2) is 18.1 Å². The van der Waals surface area contributed by atoms with Crippen LogP contribution in [-0.2, 0) is 26.2 Å². The van der Waals surface area contributed by atoms with E-state index in [1.807, 2.05) is 20.1 Å². The number of sulfonamides is 1. The zero-order valence-corrected chi connectivity index (χ0v) is 20.2. The standard InChI is InChI=1S/C19H26N4O5S3/c1-12(2)11-28-15-8-6-5-7-13(15)21-16(24)9-17(25)23-19-22-14(18(29-3)30-19)10-20-31(4,26)27/h5-8,12,20H,9-11H2,1-4H3,(H,21,24)(H,22,23,25). The van der Waals surface area contributed by atoms with Gasteiger partial charge in [0.05, 0.1) is 35.0 Å². The average Bonchev–Trinajstić information content (AvgIpc) is 3.06. The molecule has 1 aromatic carbocycles. The second-order valence-electron chi connectivity index (χ2n) is 7.02. The van der Waals surface area contributed by atoms with Gasteiger partial charge in [0.15, 0.2) is 5.13 Å². The number of rotatable bonds is 11. The van der Waals surface area contributed by atoms with E-state index in [1.54, 1.807) is 24.3 Å². The predicted molar refractivity (Wildman–Crippen MR) is 124 cm³/mol. The summed E-state index contributed by atoms with van der Waals surface area (Å²) in [6, 6.07) is 7.03. The summed E-state index contributed by atoms with van der Waals surface area (Å²) < 4.78 is 31.4. The van der Waals surface area contributed by atoms with Crippen LogP contribution in [-0.4, -0.2) is 44.3 Å². The first-order valence-electron chi connectivity index (χ1n) is 9.37. The van der Waals surface area contributed by atoms with Crippen LogP contribution in [0, 0.1) is 5.92 Å². The Kier molecular flexibility index (Phi) is 9.29. The van der Waals surface area contributed by atoms with Crippen molar-refractivity contribution in [3.8, 4) is 5.75 Å². The molecule has 3 N–H and O–H groups in total. The molecule has 31 heavy (non-hydrogen) atoms. The van der Waals surface area contributed by atoms with Crippen molar-refractivity contribution < 1.29 is 22.7 Å². The van der Waals surface area contributed by atoms with Crippen molar-refractivity contribution in [2.24, 2.45) is 5.92 Å². The van der Waals surface area contributed by atoms with Gasteiger partial charge in [-0.05, 0) is 24.3 Å². The zero-order valence-electron chi connectivity index (χ0n) is 17.7. The highest BCUT2D eigenvalue weighted by molar-refractivity contribution is 8.00. The van der Waals surface area contributed by atoms with Crippen molar-refractivity contribution in [2.45, 2.75) is 31.0 Å². The van der Waals surface area contributed by atoms with Crippen LogP contribution >= 0.6 is 23.1 Å². The van der Waals surface area contributed by atoms with Gasteiger partial charge in [-0.15, -0.1) is 11.8 Å². The van der Waals surface area contributed by atoms with Gasteiger partial charge in [0.2, 0.25) is 21.8 Å². The lowest BCUT2D eigenvalue weighted by Gasteiger charge is -2.13. The van der Waals surface area contributed by atoms with E-state index in [0.29, 0.717) is 34.8 Å². The Hall–Kier alpha value is -2.15. The third-order valence-electron chi connectivity index (χ3n) is 3.65. The number of nitrogens with one attached hydrogen (secondary N) is 3. The molecule has 0 unspecified atom stereocenters. The van der Waals surface area contributed by atoms with Gasteiger partial charge in [0, 0.05) is 0 Å². The third kappa shape index (κ3) is 8.85. The van der Waals surface area contributed by atoms with Crippen LogP contribution in [0.4, 0.5) is 10.8 Å². The number of amides is 2. The molecule has 2 aromatic rings. The van der Waals surface area contributed by atoms with Gasteiger partial charge < -0.3 is 15.4 Å². The van der Waals surface area contributed by atoms with Crippen LogP contribution in [0.15, 0.2) is 28.5 Å². The normalized spacial score (nSPS) is 11.4. The van der Waals surface area contributed by atoms with Gasteiger partial charge in [0.25, 0.3) is 0 Å². The number of hydrogen-bond acceptors (Lipinski definition) is 8. The molecule has 170 valence electrons. The van der Waals surface area contributed by atoms with Crippen LogP contribution < -0.4 is 20.1 Å². The molecule has 9 nitrogen and oxygen atoms in total. The maximum Gasteiger partial charge on any atom is 0.235 e. The van der Waals surface area contributed by atoms with Crippen LogP contribution in [0.3, 0.4) is 0 Å². The molecule has 0 radical (unpaired) electrons. The molecule has 1 heterocycles. The number of carbonyl (C=O) groups excluding carboxylic acids is 2. The molecular formula is C19H26N4O5S3. The van der Waals surface area contributed by atoms with Gasteiger partial charge in [0.1, 0.15) is 12.2 Å². The topological polar surface area (TPSA) is 126 Å². The Morgan fingerprint density at radius 1 is 1.19 bits per heavy atom. The summed E-state index contributed by atoms with van der Waals surface area (Å²) in [4.78, 5) is 28.9. The van der Waals surface area contributed by atoms with E-state index < -0.39 is 28.3 Å². The van der Waals surface area contributed by atoms with E-state index in [-0.39, 0.29) is 6.54 Å². The summed E-state index contributed by atoms with van der Waals surface area (Å²) in [5, 5.41) is 5.58.